The summed E-state index contributed by atoms with van der Waals surface area (Å²) in [6, 6.07) is 9.03. The maximum atomic E-state index is 2.28. The Bertz CT molecular complexity index is 501. The number of fused-ring (bicyclic) bond motifs is 2. The molecule has 0 spiro atoms. The van der Waals surface area contributed by atoms with E-state index in [9.17, 15) is 0 Å². The van der Waals surface area contributed by atoms with Crippen molar-refractivity contribution < 1.29 is 26.2 Å². The van der Waals surface area contributed by atoms with Gasteiger partial charge in [-0.25, -0.2) is 12.1 Å². The molecule has 0 nitrogen and oxygen atoms in total. The summed E-state index contributed by atoms with van der Waals surface area (Å²) in [5, 5.41) is 0. The Morgan fingerprint density at radius 2 is 1.10 bits per heavy atom. The van der Waals surface area contributed by atoms with Crippen LogP contribution in [0.15, 0.2) is 24.3 Å². The van der Waals surface area contributed by atoms with E-state index in [1.807, 2.05) is 0 Å². The average Bonchev–Trinajstić information content (AvgIpc) is 3.06. The second-order valence-electron chi connectivity index (χ2n) is 5.75. The number of aryl methyl sites for hydroxylation is 4. The monoisotopic (exact) mass is 400 g/mol. The third-order valence-electron chi connectivity index (χ3n) is 4.54. The van der Waals surface area contributed by atoms with E-state index in [1.54, 1.807) is 22.3 Å². The predicted molar refractivity (Wildman–Crippen MR) is 92.1 cm³/mol. The molecule has 0 N–H and O–H groups in total. The van der Waals surface area contributed by atoms with E-state index in [0.717, 1.165) is 0 Å². The summed E-state index contributed by atoms with van der Waals surface area (Å²) >= 11 is 0. The van der Waals surface area contributed by atoms with Crippen molar-refractivity contribution in [2.75, 3.05) is 0 Å². The van der Waals surface area contributed by atoms with Crippen molar-refractivity contribution >= 4 is 24.8 Å². The summed E-state index contributed by atoms with van der Waals surface area (Å²) in [6.07, 6.45) is 8.06. The second-order valence-corrected chi connectivity index (χ2v) is 5.75. The molecule has 4 rings (SSSR count). The van der Waals surface area contributed by atoms with Gasteiger partial charge in [-0.15, -0.1) is 24.8 Å². The first kappa shape index (κ1) is 21.2. The second kappa shape index (κ2) is 9.34. The van der Waals surface area contributed by atoms with Crippen LogP contribution in [0.1, 0.15) is 46.2 Å². The minimum atomic E-state index is 0. The Balaban J connectivity index is 0.000000333. The van der Waals surface area contributed by atoms with Crippen LogP contribution in [0.25, 0.3) is 0 Å². The fourth-order valence-electron chi connectivity index (χ4n) is 3.46. The molecule has 0 bridgehead atoms. The van der Waals surface area contributed by atoms with Gasteiger partial charge in [0.1, 0.15) is 0 Å². The molecule has 2 aliphatic rings. The van der Waals surface area contributed by atoms with Crippen molar-refractivity contribution in [3.05, 3.63) is 57.6 Å². The van der Waals surface area contributed by atoms with E-state index < -0.39 is 0 Å². The van der Waals surface area contributed by atoms with Crippen molar-refractivity contribution in [1.82, 2.24) is 0 Å². The normalized spacial score (nSPS) is 13.8. The molecular formula is C18H24Cl2Zr. The Labute approximate surface area is 160 Å². The molecule has 0 fully saturated rings. The fourth-order valence-corrected chi connectivity index (χ4v) is 3.46. The predicted octanol–water partition coefficient (Wildman–Crippen LogP) is 5.25. The first-order valence-corrected chi connectivity index (χ1v) is 7.24. The molecule has 3 heteroatoms. The molecular weight excluding hydrogens is 378 g/mol. The number of hydrogen-bond acceptors (Lipinski definition) is 0. The zero-order valence-corrected chi connectivity index (χ0v) is 17.0. The molecule has 0 unspecified atom stereocenters. The molecule has 2 aliphatic carbocycles. The van der Waals surface area contributed by atoms with Crippen molar-refractivity contribution in [3.8, 4) is 0 Å². The van der Waals surface area contributed by atoms with Crippen LogP contribution in [0, 0.1) is 13.8 Å². The minimum absolute atomic E-state index is 0. The van der Waals surface area contributed by atoms with Crippen LogP contribution in [0.4, 0.5) is 0 Å². The Morgan fingerprint density at radius 1 is 0.714 bits per heavy atom. The third kappa shape index (κ3) is 4.57. The van der Waals surface area contributed by atoms with Crippen molar-refractivity contribution in [1.29, 1.82) is 0 Å². The fraction of sp³-hybridized carbons (Fsp3) is 0.444. The third-order valence-corrected chi connectivity index (χ3v) is 4.54. The molecule has 114 valence electrons. The van der Waals surface area contributed by atoms with E-state index in [-0.39, 0.29) is 51.0 Å². The topological polar surface area (TPSA) is 0 Å². The summed E-state index contributed by atoms with van der Waals surface area (Å²) in [4.78, 5) is 0. The van der Waals surface area contributed by atoms with Gasteiger partial charge in [-0.1, -0.05) is 52.4 Å². The van der Waals surface area contributed by atoms with E-state index in [2.05, 4.69) is 38.1 Å². The average molecular weight is 403 g/mol. The van der Waals surface area contributed by atoms with Crippen LogP contribution in [-0.2, 0) is 51.9 Å². The number of halogens is 2. The Morgan fingerprint density at radius 3 is 1.43 bits per heavy atom. The van der Waals surface area contributed by atoms with Gasteiger partial charge in [0.2, 0.25) is 0 Å². The molecule has 0 saturated heterocycles. The van der Waals surface area contributed by atoms with Gasteiger partial charge in [-0.05, 0) is 0 Å². The van der Waals surface area contributed by atoms with Gasteiger partial charge in [-0.2, -0.15) is 45.5 Å². The zero-order chi connectivity index (χ0) is 12.5. The van der Waals surface area contributed by atoms with Gasteiger partial charge in [0, 0.05) is 0 Å². The molecule has 0 aromatic heterocycles. The SMILES string of the molecule is C[c-]1ccc2c1CCC2.C[c-]1ccc2c1CCC2.Cl.Cl.[Zr+2]. The zero-order valence-electron chi connectivity index (χ0n) is 12.9. The molecule has 21 heavy (non-hydrogen) atoms. The number of rotatable bonds is 0. The Kier molecular flexibility index (Phi) is 9.41. The molecule has 0 saturated carbocycles. The molecule has 0 amide bonds. The standard InChI is InChI=1S/2C9H11.2ClH.Zr/c2*1-7-5-6-8-3-2-4-9(7)8;;;/h2*5-6H,2-4H2,1H3;2*1H;/q2*-1;;;+2. The van der Waals surface area contributed by atoms with Crippen LogP contribution in [0.3, 0.4) is 0 Å². The van der Waals surface area contributed by atoms with Gasteiger partial charge >= 0.3 is 26.2 Å². The largest absolute Gasteiger partial charge is 2.00 e. The molecule has 0 radical (unpaired) electrons. The van der Waals surface area contributed by atoms with Gasteiger partial charge in [0.15, 0.2) is 0 Å². The summed E-state index contributed by atoms with van der Waals surface area (Å²) in [6.45, 7) is 4.42. The van der Waals surface area contributed by atoms with E-state index in [1.165, 1.54) is 49.7 Å². The first-order valence-electron chi connectivity index (χ1n) is 7.24. The molecule has 0 aliphatic heterocycles. The van der Waals surface area contributed by atoms with Crippen LogP contribution in [0.5, 0.6) is 0 Å². The summed E-state index contributed by atoms with van der Waals surface area (Å²) in [7, 11) is 0. The van der Waals surface area contributed by atoms with Crippen LogP contribution in [-0.4, -0.2) is 0 Å². The van der Waals surface area contributed by atoms with E-state index in [4.69, 9.17) is 0 Å². The molecule has 0 heterocycles. The molecule has 0 atom stereocenters. The van der Waals surface area contributed by atoms with Gasteiger partial charge in [0.25, 0.3) is 0 Å². The van der Waals surface area contributed by atoms with E-state index >= 15 is 0 Å². The summed E-state index contributed by atoms with van der Waals surface area (Å²) in [5.74, 6) is 0. The van der Waals surface area contributed by atoms with Gasteiger partial charge in [0.05, 0.1) is 0 Å². The van der Waals surface area contributed by atoms with Gasteiger partial charge in [-0.3, -0.25) is 0 Å². The quantitative estimate of drug-likeness (QED) is 0.528. The number of hydrogen-bond donors (Lipinski definition) is 0. The van der Waals surface area contributed by atoms with Crippen molar-refractivity contribution in [3.63, 3.8) is 0 Å². The van der Waals surface area contributed by atoms with Crippen LogP contribution < -0.4 is 0 Å². The smallest absolute Gasteiger partial charge is 0.210 e. The van der Waals surface area contributed by atoms with Crippen molar-refractivity contribution in [2.24, 2.45) is 0 Å². The minimum Gasteiger partial charge on any atom is -0.210 e. The van der Waals surface area contributed by atoms with Crippen LogP contribution in [0.2, 0.25) is 0 Å². The first-order chi connectivity index (χ1) is 8.75. The maximum absolute atomic E-state index is 2.28. The summed E-state index contributed by atoms with van der Waals surface area (Å²) in [5.41, 5.74) is 9.48. The van der Waals surface area contributed by atoms with Crippen molar-refractivity contribution in [2.45, 2.75) is 52.4 Å². The molecule has 2 aromatic rings. The maximum Gasteiger partial charge on any atom is 2.00 e. The van der Waals surface area contributed by atoms with Gasteiger partial charge < -0.3 is 0 Å². The Hall–Kier alpha value is 0.163. The van der Waals surface area contributed by atoms with E-state index in [0.29, 0.717) is 0 Å². The summed E-state index contributed by atoms with van der Waals surface area (Å²) < 4.78 is 0. The van der Waals surface area contributed by atoms with Crippen LogP contribution >= 0.6 is 24.8 Å². The molecule has 2 aromatic carbocycles.